The van der Waals surface area contributed by atoms with Crippen molar-refractivity contribution in [3.63, 3.8) is 0 Å². The minimum atomic E-state index is 0.363. The summed E-state index contributed by atoms with van der Waals surface area (Å²) in [4.78, 5) is 4.26. The molecule has 1 aromatic rings. The van der Waals surface area contributed by atoms with Gasteiger partial charge in [-0.15, -0.1) is 0 Å². The van der Waals surface area contributed by atoms with Gasteiger partial charge in [-0.3, -0.25) is 0 Å². The smallest absolute Gasteiger partial charge is 0.128 e. The van der Waals surface area contributed by atoms with Crippen molar-refractivity contribution in [2.45, 2.75) is 52.5 Å². The molecule has 0 bridgehead atoms. The highest BCUT2D eigenvalue weighted by molar-refractivity contribution is 5.41. The lowest BCUT2D eigenvalue weighted by atomic mass is 9.73. The summed E-state index contributed by atoms with van der Waals surface area (Å²) in [6.07, 6.45) is 7.08. The Bertz CT molecular complexity index is 408. The van der Waals surface area contributed by atoms with Gasteiger partial charge >= 0.3 is 0 Å². The van der Waals surface area contributed by atoms with E-state index in [-0.39, 0.29) is 0 Å². The first-order valence-electron chi connectivity index (χ1n) is 8.07. The molecule has 3 heteroatoms. The van der Waals surface area contributed by atoms with E-state index in [9.17, 15) is 0 Å². The molecule has 1 heterocycles. The van der Waals surface area contributed by atoms with Crippen LogP contribution < -0.4 is 11.1 Å². The molecule has 1 aliphatic rings. The average Bonchev–Trinajstić information content (AvgIpc) is 2.46. The Kier molecular flexibility index (Phi) is 5.41. The van der Waals surface area contributed by atoms with Crippen LogP contribution in [-0.4, -0.2) is 11.5 Å². The number of pyridine rings is 1. The monoisotopic (exact) mass is 275 g/mol. The van der Waals surface area contributed by atoms with Crippen molar-refractivity contribution in [1.82, 2.24) is 10.3 Å². The number of nitrogens with two attached hydrogens (primary N) is 1. The third kappa shape index (κ3) is 3.51. The average molecular weight is 275 g/mol. The van der Waals surface area contributed by atoms with Gasteiger partial charge in [0.15, 0.2) is 0 Å². The van der Waals surface area contributed by atoms with Crippen LogP contribution in [0.2, 0.25) is 0 Å². The zero-order valence-electron chi connectivity index (χ0n) is 13.1. The quantitative estimate of drug-likeness (QED) is 0.860. The zero-order valence-corrected chi connectivity index (χ0v) is 13.1. The number of hydrogen-bond acceptors (Lipinski definition) is 3. The molecule has 0 radical (unpaired) electrons. The van der Waals surface area contributed by atoms with Crippen LogP contribution in [0, 0.1) is 17.8 Å². The normalized spacial score (nSPS) is 24.8. The summed E-state index contributed by atoms with van der Waals surface area (Å²) in [7, 11) is 0. The largest absolute Gasteiger partial charge is 0.383 e. The zero-order chi connectivity index (χ0) is 14.5. The molecular formula is C17H29N3. The second-order valence-electron chi connectivity index (χ2n) is 6.43. The number of nitrogen functional groups attached to an aromatic ring is 1. The predicted octanol–water partition coefficient (Wildman–Crippen LogP) is 3.78. The maximum Gasteiger partial charge on any atom is 0.128 e. The molecule has 3 N–H and O–H groups in total. The molecule has 112 valence electrons. The second-order valence-corrected chi connectivity index (χ2v) is 6.43. The number of nitrogens with one attached hydrogen (secondary N) is 1. The maximum atomic E-state index is 6.08. The molecule has 1 fully saturated rings. The van der Waals surface area contributed by atoms with Gasteiger partial charge in [-0.05, 0) is 56.0 Å². The van der Waals surface area contributed by atoms with Crippen molar-refractivity contribution < 1.29 is 0 Å². The second kappa shape index (κ2) is 7.07. The topological polar surface area (TPSA) is 50.9 Å². The summed E-state index contributed by atoms with van der Waals surface area (Å²) in [5.41, 5.74) is 7.27. The summed E-state index contributed by atoms with van der Waals surface area (Å²) in [6, 6.07) is 4.49. The van der Waals surface area contributed by atoms with Crippen LogP contribution in [0.3, 0.4) is 0 Å². The number of hydrogen-bond donors (Lipinski definition) is 2. The molecule has 0 aromatic carbocycles. The van der Waals surface area contributed by atoms with Gasteiger partial charge in [0.2, 0.25) is 0 Å². The van der Waals surface area contributed by atoms with Crippen LogP contribution in [0.15, 0.2) is 18.3 Å². The summed E-state index contributed by atoms with van der Waals surface area (Å²) < 4.78 is 0. The Labute approximate surface area is 123 Å². The Hall–Kier alpha value is -1.09. The molecule has 0 aliphatic heterocycles. The summed E-state index contributed by atoms with van der Waals surface area (Å²) in [5, 5.41) is 3.63. The lowest BCUT2D eigenvalue weighted by molar-refractivity contribution is 0.190. The van der Waals surface area contributed by atoms with E-state index >= 15 is 0 Å². The van der Waals surface area contributed by atoms with Crippen LogP contribution >= 0.6 is 0 Å². The summed E-state index contributed by atoms with van der Waals surface area (Å²) >= 11 is 0. The highest BCUT2D eigenvalue weighted by Gasteiger charge is 2.30. The molecule has 1 aromatic heterocycles. The van der Waals surface area contributed by atoms with Gasteiger partial charge in [-0.2, -0.15) is 0 Å². The summed E-state index contributed by atoms with van der Waals surface area (Å²) in [5.74, 6) is 3.10. The molecule has 1 atom stereocenters. The van der Waals surface area contributed by atoms with E-state index in [4.69, 9.17) is 5.73 Å². The van der Waals surface area contributed by atoms with Crippen LogP contribution in [0.4, 0.5) is 5.82 Å². The lowest BCUT2D eigenvalue weighted by Crippen LogP contribution is -2.32. The fraction of sp³-hybridized carbons (Fsp3) is 0.706. The highest BCUT2D eigenvalue weighted by Crippen LogP contribution is 2.40. The van der Waals surface area contributed by atoms with Crippen molar-refractivity contribution >= 4 is 5.82 Å². The van der Waals surface area contributed by atoms with Gasteiger partial charge in [-0.25, -0.2) is 4.98 Å². The third-order valence-corrected chi connectivity index (χ3v) is 4.86. The molecule has 3 nitrogen and oxygen atoms in total. The molecule has 1 aliphatic carbocycles. The van der Waals surface area contributed by atoms with E-state index in [0.29, 0.717) is 17.8 Å². The Morgan fingerprint density at radius 3 is 2.45 bits per heavy atom. The number of aromatic nitrogens is 1. The minimum absolute atomic E-state index is 0.363. The van der Waals surface area contributed by atoms with Crippen molar-refractivity contribution in [3.05, 3.63) is 23.9 Å². The molecule has 0 spiro atoms. The fourth-order valence-corrected chi connectivity index (χ4v) is 3.59. The van der Waals surface area contributed by atoms with E-state index in [2.05, 4.69) is 37.1 Å². The van der Waals surface area contributed by atoms with Gasteiger partial charge in [-0.1, -0.05) is 26.8 Å². The van der Waals surface area contributed by atoms with E-state index in [1.165, 1.54) is 31.2 Å². The molecule has 0 amide bonds. The SMILES string of the molecule is CCNC(c1cccnc1N)C1CCC(C(C)C)CC1. The Morgan fingerprint density at radius 1 is 1.25 bits per heavy atom. The predicted molar refractivity (Wildman–Crippen MR) is 85.4 cm³/mol. The molecular weight excluding hydrogens is 246 g/mol. The van der Waals surface area contributed by atoms with Crippen molar-refractivity contribution in [1.29, 1.82) is 0 Å². The van der Waals surface area contributed by atoms with E-state index < -0.39 is 0 Å². The van der Waals surface area contributed by atoms with Gasteiger partial charge in [0.05, 0.1) is 0 Å². The number of anilines is 1. The third-order valence-electron chi connectivity index (χ3n) is 4.86. The minimum Gasteiger partial charge on any atom is -0.383 e. The van der Waals surface area contributed by atoms with Crippen molar-refractivity contribution in [2.75, 3.05) is 12.3 Å². The van der Waals surface area contributed by atoms with Crippen LogP contribution in [-0.2, 0) is 0 Å². The number of rotatable bonds is 5. The first-order chi connectivity index (χ1) is 9.63. The number of nitrogens with zero attached hydrogens (tertiary/aromatic N) is 1. The molecule has 1 saturated carbocycles. The van der Waals surface area contributed by atoms with Gasteiger partial charge in [0, 0.05) is 17.8 Å². The fourth-order valence-electron chi connectivity index (χ4n) is 3.59. The molecule has 0 saturated heterocycles. The van der Waals surface area contributed by atoms with Crippen molar-refractivity contribution in [3.8, 4) is 0 Å². The van der Waals surface area contributed by atoms with Gasteiger partial charge < -0.3 is 11.1 Å². The standard InChI is InChI=1S/C17H29N3/c1-4-19-16(15-6-5-11-20-17(15)18)14-9-7-13(8-10-14)12(2)3/h5-6,11-14,16,19H,4,7-10H2,1-3H3,(H2,18,20). The summed E-state index contributed by atoms with van der Waals surface area (Å²) in [6.45, 7) is 7.85. The van der Waals surface area contributed by atoms with Crippen LogP contribution in [0.25, 0.3) is 0 Å². The highest BCUT2D eigenvalue weighted by atomic mass is 14.9. The molecule has 1 unspecified atom stereocenters. The maximum absolute atomic E-state index is 6.08. The van der Waals surface area contributed by atoms with Gasteiger partial charge in [0.1, 0.15) is 5.82 Å². The first kappa shape index (κ1) is 15.3. The van der Waals surface area contributed by atoms with Crippen LogP contribution in [0.1, 0.15) is 58.1 Å². The lowest BCUT2D eigenvalue weighted by Gasteiger charge is -2.36. The molecule has 2 rings (SSSR count). The van der Waals surface area contributed by atoms with E-state index in [0.717, 1.165) is 18.4 Å². The van der Waals surface area contributed by atoms with Gasteiger partial charge in [0.25, 0.3) is 0 Å². The van der Waals surface area contributed by atoms with E-state index in [1.54, 1.807) is 6.20 Å². The Balaban J connectivity index is 2.09. The van der Waals surface area contributed by atoms with Crippen LogP contribution in [0.5, 0.6) is 0 Å². The first-order valence-corrected chi connectivity index (χ1v) is 8.07. The van der Waals surface area contributed by atoms with Crippen molar-refractivity contribution in [2.24, 2.45) is 17.8 Å². The Morgan fingerprint density at radius 2 is 1.90 bits per heavy atom. The molecule has 20 heavy (non-hydrogen) atoms. The van der Waals surface area contributed by atoms with E-state index in [1.807, 2.05) is 6.07 Å².